The number of aromatic hydroxyl groups is 1. The Balaban J connectivity index is 1.90. The van der Waals surface area contributed by atoms with Crippen LogP contribution in [0.25, 0.3) is 5.57 Å². The summed E-state index contributed by atoms with van der Waals surface area (Å²) in [7, 11) is 0. The number of ketones is 1. The molecule has 1 N–H and O–H groups in total. The van der Waals surface area contributed by atoms with Crippen molar-refractivity contribution in [2.75, 3.05) is 0 Å². The molecule has 0 radical (unpaired) electrons. The van der Waals surface area contributed by atoms with Crippen LogP contribution in [0.2, 0.25) is 0 Å². The Morgan fingerprint density at radius 2 is 1.50 bits per heavy atom. The van der Waals surface area contributed by atoms with Crippen LogP contribution in [0, 0.1) is 0 Å². The van der Waals surface area contributed by atoms with Gasteiger partial charge in [-0.2, -0.15) is 0 Å². The zero-order chi connectivity index (χ0) is 16.5. The molecule has 1 aliphatic rings. The van der Waals surface area contributed by atoms with Crippen LogP contribution in [0.5, 0.6) is 5.75 Å². The van der Waals surface area contributed by atoms with E-state index in [1.54, 1.807) is 12.1 Å². The second-order valence-electron chi connectivity index (χ2n) is 5.93. The van der Waals surface area contributed by atoms with Crippen molar-refractivity contribution in [2.24, 2.45) is 0 Å². The predicted octanol–water partition coefficient (Wildman–Crippen LogP) is 4.63. The van der Waals surface area contributed by atoms with Crippen LogP contribution in [0.1, 0.15) is 27.0 Å². The van der Waals surface area contributed by atoms with Gasteiger partial charge in [0.2, 0.25) is 0 Å². The van der Waals surface area contributed by atoms with E-state index in [1.807, 2.05) is 66.7 Å². The third kappa shape index (κ3) is 2.42. The molecule has 0 bridgehead atoms. The molecular weight excluding hydrogens is 296 g/mol. The van der Waals surface area contributed by atoms with Gasteiger partial charge < -0.3 is 5.11 Å². The molecule has 0 unspecified atom stereocenters. The fourth-order valence-electron chi connectivity index (χ4n) is 3.30. The Morgan fingerprint density at radius 1 is 0.833 bits per heavy atom. The van der Waals surface area contributed by atoms with Crippen LogP contribution in [0.15, 0.2) is 84.4 Å². The number of Topliss-reactive ketones (excluding diaryl/α,β-unsaturated/α-hetero) is 1. The molecule has 4 rings (SSSR count). The predicted molar refractivity (Wildman–Crippen MR) is 95.0 cm³/mol. The summed E-state index contributed by atoms with van der Waals surface area (Å²) < 4.78 is 0. The summed E-state index contributed by atoms with van der Waals surface area (Å²) in [6.45, 7) is 0. The monoisotopic (exact) mass is 312 g/mol. The number of phenols is 1. The van der Waals surface area contributed by atoms with Gasteiger partial charge in [0.1, 0.15) is 5.75 Å². The molecule has 0 aromatic heterocycles. The number of hydrogen-bond donors (Lipinski definition) is 1. The van der Waals surface area contributed by atoms with E-state index in [9.17, 15) is 9.90 Å². The van der Waals surface area contributed by atoms with Gasteiger partial charge in [0.15, 0.2) is 5.78 Å². The first-order valence-electron chi connectivity index (χ1n) is 7.94. The summed E-state index contributed by atoms with van der Waals surface area (Å²) >= 11 is 0. The van der Waals surface area contributed by atoms with Crippen molar-refractivity contribution in [3.05, 3.63) is 107 Å². The standard InChI is InChI=1S/C22H16O2/c23-18-11-12-19-17(13-18)14-20(21(19)15-7-3-1-4-8-15)22(24)16-9-5-2-6-10-16/h1-13,23H,14H2. The average molecular weight is 312 g/mol. The zero-order valence-electron chi connectivity index (χ0n) is 13.1. The van der Waals surface area contributed by atoms with Crippen LogP contribution >= 0.6 is 0 Å². The molecule has 0 saturated heterocycles. The highest BCUT2D eigenvalue weighted by atomic mass is 16.3. The van der Waals surface area contributed by atoms with E-state index >= 15 is 0 Å². The van der Waals surface area contributed by atoms with Gasteiger partial charge in [0.25, 0.3) is 0 Å². The minimum Gasteiger partial charge on any atom is -0.508 e. The maximum Gasteiger partial charge on any atom is 0.189 e. The van der Waals surface area contributed by atoms with Crippen molar-refractivity contribution in [1.29, 1.82) is 0 Å². The maximum atomic E-state index is 13.1. The van der Waals surface area contributed by atoms with E-state index in [0.717, 1.165) is 27.8 Å². The summed E-state index contributed by atoms with van der Waals surface area (Å²) in [4.78, 5) is 13.1. The molecule has 24 heavy (non-hydrogen) atoms. The zero-order valence-corrected chi connectivity index (χ0v) is 13.1. The number of fused-ring (bicyclic) bond motifs is 1. The highest BCUT2D eigenvalue weighted by molar-refractivity contribution is 6.16. The van der Waals surface area contributed by atoms with Gasteiger partial charge >= 0.3 is 0 Å². The molecule has 1 aliphatic carbocycles. The van der Waals surface area contributed by atoms with Crippen molar-refractivity contribution < 1.29 is 9.90 Å². The van der Waals surface area contributed by atoms with E-state index in [1.165, 1.54) is 0 Å². The number of carbonyl (C=O) groups is 1. The minimum absolute atomic E-state index is 0.0464. The molecule has 2 nitrogen and oxygen atoms in total. The van der Waals surface area contributed by atoms with Gasteiger partial charge in [-0.3, -0.25) is 4.79 Å². The van der Waals surface area contributed by atoms with Crippen LogP contribution in [0.4, 0.5) is 0 Å². The molecule has 0 spiro atoms. The Kier molecular flexibility index (Phi) is 3.51. The molecule has 0 atom stereocenters. The first-order valence-corrected chi connectivity index (χ1v) is 7.94. The summed E-state index contributed by atoms with van der Waals surface area (Å²) in [5.74, 6) is 0.278. The normalized spacial score (nSPS) is 13.0. The molecule has 0 amide bonds. The lowest BCUT2D eigenvalue weighted by Crippen LogP contribution is -2.05. The number of carbonyl (C=O) groups excluding carboxylic acids is 1. The summed E-state index contributed by atoms with van der Waals surface area (Å²) in [6, 6.07) is 24.7. The first-order chi connectivity index (χ1) is 11.7. The quantitative estimate of drug-likeness (QED) is 0.716. The van der Waals surface area contributed by atoms with Crippen molar-refractivity contribution >= 4 is 11.4 Å². The lowest BCUT2D eigenvalue weighted by molar-refractivity contribution is 0.103. The van der Waals surface area contributed by atoms with E-state index < -0.39 is 0 Å². The molecule has 0 aliphatic heterocycles. The Labute approximate surface area is 140 Å². The van der Waals surface area contributed by atoms with Gasteiger partial charge in [-0.05, 0) is 34.4 Å². The van der Waals surface area contributed by atoms with Crippen molar-refractivity contribution in [1.82, 2.24) is 0 Å². The first kappa shape index (κ1) is 14.5. The highest BCUT2D eigenvalue weighted by Gasteiger charge is 2.27. The summed E-state index contributed by atoms with van der Waals surface area (Å²) in [5.41, 5.74) is 5.50. The van der Waals surface area contributed by atoms with Crippen molar-refractivity contribution in [3.8, 4) is 5.75 Å². The maximum absolute atomic E-state index is 13.1. The van der Waals surface area contributed by atoms with E-state index in [4.69, 9.17) is 0 Å². The van der Waals surface area contributed by atoms with Crippen LogP contribution in [0.3, 0.4) is 0 Å². The number of rotatable bonds is 3. The van der Waals surface area contributed by atoms with E-state index in [0.29, 0.717) is 12.0 Å². The number of hydrogen-bond acceptors (Lipinski definition) is 2. The fourth-order valence-corrected chi connectivity index (χ4v) is 3.30. The summed E-state index contributed by atoms with van der Waals surface area (Å²) in [6.07, 6.45) is 0.543. The topological polar surface area (TPSA) is 37.3 Å². The minimum atomic E-state index is 0.0464. The third-order valence-corrected chi connectivity index (χ3v) is 4.40. The van der Waals surface area contributed by atoms with Gasteiger partial charge in [0.05, 0.1) is 0 Å². The molecule has 0 fully saturated rings. The Bertz CT molecular complexity index is 938. The van der Waals surface area contributed by atoms with Crippen molar-refractivity contribution in [2.45, 2.75) is 6.42 Å². The van der Waals surface area contributed by atoms with Gasteiger partial charge in [-0.15, -0.1) is 0 Å². The van der Waals surface area contributed by atoms with E-state index in [2.05, 4.69) is 0 Å². The van der Waals surface area contributed by atoms with E-state index in [-0.39, 0.29) is 11.5 Å². The lowest BCUT2D eigenvalue weighted by Gasteiger charge is -2.09. The van der Waals surface area contributed by atoms with Crippen LogP contribution in [-0.4, -0.2) is 10.9 Å². The van der Waals surface area contributed by atoms with Crippen LogP contribution < -0.4 is 0 Å². The molecule has 0 heterocycles. The largest absolute Gasteiger partial charge is 0.508 e. The molecular formula is C22H16O2. The third-order valence-electron chi connectivity index (χ3n) is 4.40. The molecule has 3 aromatic rings. The Morgan fingerprint density at radius 3 is 2.21 bits per heavy atom. The molecule has 2 heteroatoms. The lowest BCUT2D eigenvalue weighted by atomic mass is 9.94. The SMILES string of the molecule is O=C(C1=C(c2ccccc2)c2ccc(O)cc2C1)c1ccccc1. The number of phenolic OH excluding ortho intramolecular Hbond substituents is 1. The van der Waals surface area contributed by atoms with Gasteiger partial charge in [-0.1, -0.05) is 66.7 Å². The van der Waals surface area contributed by atoms with Gasteiger partial charge in [-0.25, -0.2) is 0 Å². The Hall–Kier alpha value is -3.13. The summed E-state index contributed by atoms with van der Waals surface area (Å²) in [5, 5.41) is 9.79. The smallest absolute Gasteiger partial charge is 0.189 e. The average Bonchev–Trinajstić information content (AvgIpc) is 3.01. The molecule has 0 saturated carbocycles. The van der Waals surface area contributed by atoms with Crippen molar-refractivity contribution in [3.63, 3.8) is 0 Å². The number of allylic oxidation sites excluding steroid dienone is 1. The second kappa shape index (κ2) is 5.82. The van der Waals surface area contributed by atoms with Gasteiger partial charge in [0, 0.05) is 17.6 Å². The fraction of sp³-hybridized carbons (Fsp3) is 0.0455. The second-order valence-corrected chi connectivity index (χ2v) is 5.93. The highest BCUT2D eigenvalue weighted by Crippen LogP contribution is 2.40. The molecule has 116 valence electrons. The molecule has 3 aromatic carbocycles. The van der Waals surface area contributed by atoms with Crippen LogP contribution in [-0.2, 0) is 6.42 Å². The number of benzene rings is 3.